The summed E-state index contributed by atoms with van der Waals surface area (Å²) in [5, 5.41) is 9.70. The SMILES string of the molecule is C=CC(=O)N1CC[C@H](n2nc(C#Cc3c(F)cc4c(ncn4C)c3F)c3c(N)ncc(-c4ccn(C)n4)c32)C1. The van der Waals surface area contributed by atoms with Crippen LogP contribution in [-0.2, 0) is 18.9 Å². The van der Waals surface area contributed by atoms with Gasteiger partial charge < -0.3 is 15.2 Å². The zero-order valence-corrected chi connectivity index (χ0v) is 21.2. The summed E-state index contributed by atoms with van der Waals surface area (Å²) in [6.45, 7) is 4.50. The van der Waals surface area contributed by atoms with E-state index in [1.165, 1.54) is 23.0 Å². The lowest BCUT2D eigenvalue weighted by Gasteiger charge is -2.16. The van der Waals surface area contributed by atoms with Crippen molar-refractivity contribution in [3.05, 3.63) is 66.4 Å². The highest BCUT2D eigenvalue weighted by Gasteiger charge is 2.30. The Bertz CT molecular complexity index is 1870. The van der Waals surface area contributed by atoms with Crippen LogP contribution in [0.15, 0.2) is 43.5 Å². The molecule has 1 amide bonds. The standard InChI is InChI=1S/C27H23F2N9O/c1-4-22(39)37-10-7-15(13-37)38-26-17(19-8-9-36(3)33-19)12-31-27(30)23(26)20(34-38)6-5-16-18(28)11-21-25(24(16)29)32-14-35(21)2/h4,8-9,11-12,14-15H,1,7,10,13H2,2-3H3,(H2,30,31)/t15-/m0/s1. The van der Waals surface area contributed by atoms with Gasteiger partial charge in [-0.3, -0.25) is 14.2 Å². The number of carbonyl (C=O) groups excluding carboxylic acids is 1. The van der Waals surface area contributed by atoms with Gasteiger partial charge in [-0.2, -0.15) is 10.2 Å². The van der Waals surface area contributed by atoms with E-state index in [9.17, 15) is 9.18 Å². The van der Waals surface area contributed by atoms with Crippen molar-refractivity contribution >= 4 is 33.7 Å². The van der Waals surface area contributed by atoms with Gasteiger partial charge in [-0.05, 0) is 24.5 Å². The molecule has 0 radical (unpaired) electrons. The van der Waals surface area contributed by atoms with Crippen molar-refractivity contribution in [3.8, 4) is 23.1 Å². The van der Waals surface area contributed by atoms with Crippen LogP contribution in [0.3, 0.4) is 0 Å². The highest BCUT2D eigenvalue weighted by Crippen LogP contribution is 2.36. The molecule has 0 bridgehead atoms. The number of anilines is 1. The van der Waals surface area contributed by atoms with Gasteiger partial charge in [-0.25, -0.2) is 18.7 Å². The molecule has 1 saturated heterocycles. The lowest BCUT2D eigenvalue weighted by Crippen LogP contribution is -2.27. The van der Waals surface area contributed by atoms with E-state index in [1.807, 2.05) is 6.07 Å². The molecule has 1 aliphatic rings. The number of nitrogen functional groups attached to an aromatic ring is 1. The third-order valence-corrected chi connectivity index (χ3v) is 6.96. The van der Waals surface area contributed by atoms with Crippen molar-refractivity contribution in [1.29, 1.82) is 0 Å². The number of aromatic nitrogens is 7. The maximum atomic E-state index is 15.2. The van der Waals surface area contributed by atoms with E-state index >= 15 is 4.39 Å². The van der Waals surface area contributed by atoms with Gasteiger partial charge in [0, 0.05) is 51.2 Å². The highest BCUT2D eigenvalue weighted by molar-refractivity contribution is 6.01. The Morgan fingerprint density at radius 3 is 2.79 bits per heavy atom. The van der Waals surface area contributed by atoms with Crippen LogP contribution in [0.25, 0.3) is 33.2 Å². The highest BCUT2D eigenvalue weighted by atomic mass is 19.1. The van der Waals surface area contributed by atoms with Crippen molar-refractivity contribution in [1.82, 2.24) is 39.0 Å². The predicted molar refractivity (Wildman–Crippen MR) is 141 cm³/mol. The lowest BCUT2D eigenvalue weighted by atomic mass is 10.1. The molecule has 5 heterocycles. The van der Waals surface area contributed by atoms with E-state index in [1.54, 1.807) is 40.8 Å². The Kier molecular flexibility index (Phi) is 5.64. The van der Waals surface area contributed by atoms with Crippen LogP contribution in [0.5, 0.6) is 0 Å². The van der Waals surface area contributed by atoms with E-state index in [-0.39, 0.29) is 29.0 Å². The van der Waals surface area contributed by atoms with Gasteiger partial charge in [0.1, 0.15) is 22.8 Å². The number of nitrogens with two attached hydrogens (primary N) is 1. The van der Waals surface area contributed by atoms with E-state index in [4.69, 9.17) is 10.8 Å². The second-order valence-corrected chi connectivity index (χ2v) is 9.40. The summed E-state index contributed by atoms with van der Waals surface area (Å²) in [6, 6.07) is 2.84. The number of benzene rings is 1. The minimum Gasteiger partial charge on any atom is -0.383 e. The van der Waals surface area contributed by atoms with Crippen LogP contribution >= 0.6 is 0 Å². The number of nitrogens with zero attached hydrogens (tertiary/aromatic N) is 8. The number of amides is 1. The minimum absolute atomic E-state index is 0.0233. The Morgan fingerprint density at radius 2 is 2.05 bits per heavy atom. The van der Waals surface area contributed by atoms with E-state index in [0.29, 0.717) is 47.2 Å². The van der Waals surface area contributed by atoms with Crippen LogP contribution in [0.2, 0.25) is 0 Å². The first-order chi connectivity index (χ1) is 18.8. The van der Waals surface area contributed by atoms with Crippen molar-refractivity contribution in [2.24, 2.45) is 14.1 Å². The third-order valence-electron chi connectivity index (χ3n) is 6.96. The van der Waals surface area contributed by atoms with E-state index in [2.05, 4.69) is 33.5 Å². The fourth-order valence-corrected chi connectivity index (χ4v) is 4.99. The van der Waals surface area contributed by atoms with Crippen molar-refractivity contribution in [2.45, 2.75) is 12.5 Å². The second-order valence-electron chi connectivity index (χ2n) is 9.40. The van der Waals surface area contributed by atoms with Crippen molar-refractivity contribution in [3.63, 3.8) is 0 Å². The zero-order valence-electron chi connectivity index (χ0n) is 21.2. The Hall–Kier alpha value is -5.05. The maximum absolute atomic E-state index is 15.2. The third kappa shape index (κ3) is 3.90. The first kappa shape index (κ1) is 24.3. The molecule has 1 atom stereocenters. The topological polar surface area (TPSA) is 113 Å². The molecule has 1 aliphatic heterocycles. The number of aryl methyl sites for hydroxylation is 2. The number of hydrogen-bond donors (Lipinski definition) is 1. The number of rotatable bonds is 3. The molecule has 39 heavy (non-hydrogen) atoms. The quantitative estimate of drug-likeness (QED) is 0.285. The molecule has 10 nitrogen and oxygen atoms in total. The zero-order chi connectivity index (χ0) is 27.4. The van der Waals surface area contributed by atoms with Crippen LogP contribution in [-0.4, -0.2) is 58.0 Å². The van der Waals surface area contributed by atoms with Gasteiger partial charge in [0.2, 0.25) is 5.91 Å². The predicted octanol–water partition coefficient (Wildman–Crippen LogP) is 2.94. The van der Waals surface area contributed by atoms with Crippen molar-refractivity contribution < 1.29 is 13.6 Å². The lowest BCUT2D eigenvalue weighted by molar-refractivity contribution is -0.125. The van der Waals surface area contributed by atoms with Gasteiger partial charge in [-0.1, -0.05) is 12.5 Å². The van der Waals surface area contributed by atoms with Gasteiger partial charge in [-0.15, -0.1) is 0 Å². The van der Waals surface area contributed by atoms with Crippen LogP contribution < -0.4 is 5.73 Å². The summed E-state index contributed by atoms with van der Waals surface area (Å²) in [5.41, 5.74) is 8.40. The molecular formula is C27H23F2N9O. The Balaban J connectivity index is 1.55. The fourth-order valence-electron chi connectivity index (χ4n) is 4.99. The van der Waals surface area contributed by atoms with Crippen LogP contribution in [0, 0.1) is 23.5 Å². The van der Waals surface area contributed by atoms with E-state index < -0.39 is 17.2 Å². The largest absolute Gasteiger partial charge is 0.383 e. The molecular weight excluding hydrogens is 504 g/mol. The van der Waals surface area contributed by atoms with Crippen molar-refractivity contribution in [2.75, 3.05) is 18.8 Å². The summed E-state index contributed by atoms with van der Waals surface area (Å²) in [5.74, 6) is 3.78. The van der Waals surface area contributed by atoms with Crippen LogP contribution in [0.1, 0.15) is 23.7 Å². The van der Waals surface area contributed by atoms with Crippen LogP contribution in [0.4, 0.5) is 14.6 Å². The number of carbonyl (C=O) groups is 1. The summed E-state index contributed by atoms with van der Waals surface area (Å²) in [6.07, 6.45) is 6.74. The number of halogens is 2. The maximum Gasteiger partial charge on any atom is 0.246 e. The van der Waals surface area contributed by atoms with E-state index in [0.717, 1.165) is 0 Å². The summed E-state index contributed by atoms with van der Waals surface area (Å²) in [4.78, 5) is 22.3. The molecule has 2 N–H and O–H groups in total. The van der Waals surface area contributed by atoms with Gasteiger partial charge >= 0.3 is 0 Å². The molecule has 0 spiro atoms. The number of fused-ring (bicyclic) bond motifs is 2. The number of likely N-dealkylation sites (tertiary alicyclic amines) is 1. The summed E-state index contributed by atoms with van der Waals surface area (Å²) in [7, 11) is 3.46. The van der Waals surface area contributed by atoms with Gasteiger partial charge in [0.25, 0.3) is 0 Å². The summed E-state index contributed by atoms with van der Waals surface area (Å²) >= 11 is 0. The molecule has 196 valence electrons. The number of pyridine rings is 1. The minimum atomic E-state index is -0.850. The smallest absolute Gasteiger partial charge is 0.246 e. The Labute approximate surface area is 221 Å². The van der Waals surface area contributed by atoms with Gasteiger partial charge in [0.15, 0.2) is 5.82 Å². The number of hydrogen-bond acceptors (Lipinski definition) is 6. The molecule has 0 unspecified atom stereocenters. The molecule has 1 aromatic carbocycles. The Morgan fingerprint density at radius 1 is 1.23 bits per heavy atom. The average molecular weight is 528 g/mol. The molecule has 0 aliphatic carbocycles. The average Bonchev–Trinajstić information content (AvgIpc) is 3.71. The first-order valence-electron chi connectivity index (χ1n) is 12.2. The summed E-state index contributed by atoms with van der Waals surface area (Å²) < 4.78 is 35.1. The number of imidazole rings is 1. The molecule has 4 aromatic heterocycles. The molecule has 1 fully saturated rings. The molecule has 0 saturated carbocycles. The van der Waals surface area contributed by atoms with Gasteiger partial charge in [0.05, 0.1) is 40.0 Å². The fraction of sp³-hybridized carbons (Fsp3) is 0.222. The first-order valence-corrected chi connectivity index (χ1v) is 12.2. The monoisotopic (exact) mass is 527 g/mol. The molecule has 6 rings (SSSR count). The second kappa shape index (κ2) is 9.05. The molecule has 12 heteroatoms. The molecule has 5 aromatic rings. The normalized spacial score (nSPS) is 15.2.